The van der Waals surface area contributed by atoms with Crippen LogP contribution in [-0.4, -0.2) is 39.4 Å². The molecule has 0 aliphatic carbocycles. The van der Waals surface area contributed by atoms with Crippen molar-refractivity contribution in [2.24, 2.45) is 0 Å². The molecule has 20 heavy (non-hydrogen) atoms. The van der Waals surface area contributed by atoms with Crippen LogP contribution >= 0.6 is 0 Å². The lowest BCUT2D eigenvalue weighted by atomic mass is 10.0. The van der Waals surface area contributed by atoms with Crippen LogP contribution in [0, 0.1) is 0 Å². The number of nitrogens with zero attached hydrogens (tertiary/aromatic N) is 1. The molecule has 4 nitrogen and oxygen atoms in total. The molecule has 1 aromatic rings. The van der Waals surface area contributed by atoms with Gasteiger partial charge in [0, 0.05) is 25.2 Å². The fourth-order valence-electron chi connectivity index (χ4n) is 2.71. The molecule has 0 aromatic heterocycles. The first kappa shape index (κ1) is 15.0. The van der Waals surface area contributed by atoms with E-state index < -0.39 is 0 Å². The Hall–Kier alpha value is -1.42. The van der Waals surface area contributed by atoms with E-state index in [0.29, 0.717) is 19.3 Å². The van der Waals surface area contributed by atoms with Crippen molar-refractivity contribution in [1.29, 1.82) is 0 Å². The summed E-state index contributed by atoms with van der Waals surface area (Å²) >= 11 is 0. The van der Waals surface area contributed by atoms with Gasteiger partial charge in [-0.2, -0.15) is 0 Å². The second-order valence-corrected chi connectivity index (χ2v) is 5.07. The highest BCUT2D eigenvalue weighted by molar-refractivity contribution is 5.62. The average molecular weight is 278 g/mol. The second kappa shape index (κ2) is 7.39. The number of anilines is 1. The molecule has 1 aliphatic rings. The van der Waals surface area contributed by atoms with Gasteiger partial charge in [0.15, 0.2) is 0 Å². The Kier molecular flexibility index (Phi) is 5.53. The third kappa shape index (κ3) is 3.57. The second-order valence-electron chi connectivity index (χ2n) is 5.07. The minimum absolute atomic E-state index is 0.550. The zero-order chi connectivity index (χ0) is 14.4. The van der Waals surface area contributed by atoms with E-state index in [4.69, 9.17) is 9.47 Å². The highest BCUT2D eigenvalue weighted by atomic mass is 16.5. The Balaban J connectivity index is 2.23. The Labute approximate surface area is 122 Å². The van der Waals surface area contributed by atoms with E-state index in [9.17, 15) is 0 Å². The molecule has 2 rings (SSSR count). The maximum absolute atomic E-state index is 5.77. The standard InChI is InChI=1S/C16H26N2O2/c1-4-19-14-8-9-16(20-5-2)15(11-14)18-10-6-7-13(12-18)17-3/h8-9,11,13,17H,4-7,10,12H2,1-3H3. The van der Waals surface area contributed by atoms with Gasteiger partial charge in [-0.25, -0.2) is 0 Å². The molecule has 0 spiro atoms. The van der Waals surface area contributed by atoms with Crippen LogP contribution in [0.5, 0.6) is 11.5 Å². The molecule has 1 fully saturated rings. The van der Waals surface area contributed by atoms with Crippen molar-refractivity contribution < 1.29 is 9.47 Å². The molecule has 4 heteroatoms. The lowest BCUT2D eigenvalue weighted by Gasteiger charge is -2.35. The summed E-state index contributed by atoms with van der Waals surface area (Å²) in [7, 11) is 2.04. The fourth-order valence-corrected chi connectivity index (χ4v) is 2.71. The number of likely N-dealkylation sites (N-methyl/N-ethyl adjacent to an activating group) is 1. The Morgan fingerprint density at radius 1 is 1.25 bits per heavy atom. The first-order chi connectivity index (χ1) is 9.78. The number of hydrogen-bond acceptors (Lipinski definition) is 4. The molecule has 112 valence electrons. The van der Waals surface area contributed by atoms with Gasteiger partial charge in [-0.1, -0.05) is 0 Å². The summed E-state index contributed by atoms with van der Waals surface area (Å²) in [4.78, 5) is 2.40. The monoisotopic (exact) mass is 278 g/mol. The summed E-state index contributed by atoms with van der Waals surface area (Å²) in [6.45, 7) is 7.50. The number of ether oxygens (including phenoxy) is 2. The molecule has 1 aliphatic heterocycles. The van der Waals surface area contributed by atoms with Gasteiger partial charge in [0.25, 0.3) is 0 Å². The normalized spacial score (nSPS) is 18.9. The van der Waals surface area contributed by atoms with Crippen molar-refractivity contribution in [3.8, 4) is 11.5 Å². The number of rotatable bonds is 6. The molecule has 1 saturated heterocycles. The molecular formula is C16H26N2O2. The highest BCUT2D eigenvalue weighted by Crippen LogP contribution is 2.34. The third-order valence-electron chi connectivity index (χ3n) is 3.71. The SMILES string of the molecule is CCOc1ccc(OCC)c(N2CCCC(NC)C2)c1. The van der Waals surface area contributed by atoms with Crippen molar-refractivity contribution in [3.63, 3.8) is 0 Å². The summed E-state index contributed by atoms with van der Waals surface area (Å²) in [6, 6.07) is 6.66. The maximum atomic E-state index is 5.77. The van der Waals surface area contributed by atoms with Crippen molar-refractivity contribution in [3.05, 3.63) is 18.2 Å². The number of nitrogens with one attached hydrogen (secondary N) is 1. The van der Waals surface area contributed by atoms with Gasteiger partial charge in [0.05, 0.1) is 18.9 Å². The van der Waals surface area contributed by atoms with Crippen molar-refractivity contribution >= 4 is 5.69 Å². The van der Waals surface area contributed by atoms with E-state index in [2.05, 4.69) is 16.3 Å². The summed E-state index contributed by atoms with van der Waals surface area (Å²) in [6.07, 6.45) is 2.44. The van der Waals surface area contributed by atoms with E-state index in [1.807, 2.05) is 33.0 Å². The molecule has 0 bridgehead atoms. The molecule has 1 unspecified atom stereocenters. The lowest BCUT2D eigenvalue weighted by Crippen LogP contribution is -2.44. The number of benzene rings is 1. The van der Waals surface area contributed by atoms with Gasteiger partial charge in [-0.3, -0.25) is 0 Å². The minimum atomic E-state index is 0.550. The van der Waals surface area contributed by atoms with Gasteiger partial charge >= 0.3 is 0 Å². The first-order valence-electron chi connectivity index (χ1n) is 7.60. The summed E-state index contributed by atoms with van der Waals surface area (Å²) in [5.41, 5.74) is 1.15. The Morgan fingerprint density at radius 2 is 2.05 bits per heavy atom. The van der Waals surface area contributed by atoms with E-state index in [1.165, 1.54) is 12.8 Å². The summed E-state index contributed by atoms with van der Waals surface area (Å²) < 4.78 is 11.4. The molecule has 1 atom stereocenters. The summed E-state index contributed by atoms with van der Waals surface area (Å²) in [5.74, 6) is 1.87. The maximum Gasteiger partial charge on any atom is 0.142 e. The summed E-state index contributed by atoms with van der Waals surface area (Å²) in [5, 5.41) is 3.38. The van der Waals surface area contributed by atoms with Gasteiger partial charge < -0.3 is 19.7 Å². The minimum Gasteiger partial charge on any atom is -0.494 e. The van der Waals surface area contributed by atoms with Crippen molar-refractivity contribution in [2.75, 3.05) is 38.3 Å². The van der Waals surface area contributed by atoms with Crippen LogP contribution in [0.4, 0.5) is 5.69 Å². The predicted molar refractivity (Wildman–Crippen MR) is 83.1 cm³/mol. The van der Waals surface area contributed by atoms with Crippen LogP contribution < -0.4 is 19.7 Å². The van der Waals surface area contributed by atoms with Crippen LogP contribution in [0.3, 0.4) is 0 Å². The van der Waals surface area contributed by atoms with Gasteiger partial charge in [-0.05, 0) is 45.9 Å². The fraction of sp³-hybridized carbons (Fsp3) is 0.625. The molecule has 0 amide bonds. The highest BCUT2D eigenvalue weighted by Gasteiger charge is 2.21. The lowest BCUT2D eigenvalue weighted by molar-refractivity contribution is 0.329. The number of piperidine rings is 1. The molecular weight excluding hydrogens is 252 g/mol. The zero-order valence-corrected chi connectivity index (χ0v) is 12.8. The van der Waals surface area contributed by atoms with Crippen LogP contribution in [0.1, 0.15) is 26.7 Å². The van der Waals surface area contributed by atoms with E-state index in [-0.39, 0.29) is 0 Å². The van der Waals surface area contributed by atoms with Crippen LogP contribution in [0.25, 0.3) is 0 Å². The zero-order valence-electron chi connectivity index (χ0n) is 12.8. The molecule has 0 radical (unpaired) electrons. The topological polar surface area (TPSA) is 33.7 Å². The predicted octanol–water partition coefficient (Wildman–Crippen LogP) is 2.67. The van der Waals surface area contributed by atoms with Gasteiger partial charge in [0.1, 0.15) is 11.5 Å². The Bertz CT molecular complexity index is 423. The van der Waals surface area contributed by atoms with E-state index >= 15 is 0 Å². The molecule has 1 heterocycles. The largest absolute Gasteiger partial charge is 0.494 e. The molecule has 1 aromatic carbocycles. The van der Waals surface area contributed by atoms with Crippen LogP contribution in [0.15, 0.2) is 18.2 Å². The van der Waals surface area contributed by atoms with E-state index in [0.717, 1.165) is 30.3 Å². The first-order valence-corrected chi connectivity index (χ1v) is 7.60. The third-order valence-corrected chi connectivity index (χ3v) is 3.71. The van der Waals surface area contributed by atoms with Gasteiger partial charge in [0.2, 0.25) is 0 Å². The van der Waals surface area contributed by atoms with Crippen LogP contribution in [-0.2, 0) is 0 Å². The van der Waals surface area contributed by atoms with Crippen LogP contribution in [0.2, 0.25) is 0 Å². The molecule has 1 N–H and O–H groups in total. The smallest absolute Gasteiger partial charge is 0.142 e. The van der Waals surface area contributed by atoms with Gasteiger partial charge in [-0.15, -0.1) is 0 Å². The quantitative estimate of drug-likeness (QED) is 0.867. The van der Waals surface area contributed by atoms with E-state index in [1.54, 1.807) is 0 Å². The number of hydrogen-bond donors (Lipinski definition) is 1. The molecule has 0 saturated carbocycles. The van der Waals surface area contributed by atoms with Crippen molar-refractivity contribution in [2.45, 2.75) is 32.7 Å². The van der Waals surface area contributed by atoms with Crippen molar-refractivity contribution in [1.82, 2.24) is 5.32 Å². The Morgan fingerprint density at radius 3 is 2.75 bits per heavy atom. The average Bonchev–Trinajstić information content (AvgIpc) is 2.49.